The van der Waals surface area contributed by atoms with Gasteiger partial charge in [0.1, 0.15) is 5.75 Å². The number of ether oxygens (including phenoxy) is 1. The molecule has 1 saturated carbocycles. The minimum absolute atomic E-state index is 0.180. The maximum atomic E-state index is 6.16. The first kappa shape index (κ1) is 12.3. The quantitative estimate of drug-likeness (QED) is 0.844. The second kappa shape index (κ2) is 5.10. The normalized spacial score (nSPS) is 24.8. The van der Waals surface area contributed by atoms with Crippen LogP contribution in [0.25, 0.3) is 0 Å². The van der Waals surface area contributed by atoms with Gasteiger partial charge in [0.2, 0.25) is 0 Å². The highest BCUT2D eigenvalue weighted by Gasteiger charge is 2.34. The van der Waals surface area contributed by atoms with Gasteiger partial charge in [-0.3, -0.25) is 0 Å². The van der Waals surface area contributed by atoms with Crippen LogP contribution in [0, 0.1) is 0 Å². The molecule has 0 saturated heterocycles. The molecule has 2 nitrogen and oxygen atoms in total. The summed E-state index contributed by atoms with van der Waals surface area (Å²) in [5.74, 6) is 2.25. The van der Waals surface area contributed by atoms with Crippen molar-refractivity contribution >= 4 is 11.6 Å². The zero-order chi connectivity index (χ0) is 12.4. The summed E-state index contributed by atoms with van der Waals surface area (Å²) in [6.07, 6.45) is 5.03. The fourth-order valence-corrected chi connectivity index (χ4v) is 3.51. The molecule has 1 heterocycles. The van der Waals surface area contributed by atoms with Crippen LogP contribution in [-0.4, -0.2) is 24.6 Å². The Morgan fingerprint density at radius 1 is 1.28 bits per heavy atom. The predicted octanol–water partition coefficient (Wildman–Crippen LogP) is 3.30. The van der Waals surface area contributed by atoms with Crippen LogP contribution in [0.4, 0.5) is 0 Å². The van der Waals surface area contributed by atoms with Crippen molar-refractivity contribution in [2.75, 3.05) is 19.0 Å². The monoisotopic (exact) mass is 265 g/mol. The fourth-order valence-electron chi connectivity index (χ4n) is 3.15. The van der Waals surface area contributed by atoms with Crippen molar-refractivity contribution in [2.24, 2.45) is 0 Å². The first-order chi connectivity index (χ1) is 8.83. The molecule has 3 heteroatoms. The highest BCUT2D eigenvalue weighted by Crippen LogP contribution is 2.35. The molecule has 0 radical (unpaired) electrons. The Balaban J connectivity index is 1.65. The lowest BCUT2D eigenvalue weighted by atomic mass is 9.96. The first-order valence-electron chi connectivity index (χ1n) is 6.86. The summed E-state index contributed by atoms with van der Waals surface area (Å²) in [6, 6.07) is 8.36. The van der Waals surface area contributed by atoms with E-state index in [0.717, 1.165) is 24.8 Å². The minimum atomic E-state index is 0.180. The van der Waals surface area contributed by atoms with E-state index in [0.29, 0.717) is 5.92 Å². The summed E-state index contributed by atoms with van der Waals surface area (Å²) in [5.41, 5.74) is 1.52. The van der Waals surface area contributed by atoms with E-state index in [1.54, 1.807) is 0 Å². The molecule has 1 aliphatic heterocycles. The second-order valence-electron chi connectivity index (χ2n) is 5.55. The van der Waals surface area contributed by atoms with Gasteiger partial charge in [-0.2, -0.15) is 0 Å². The average molecular weight is 266 g/mol. The zero-order valence-electron chi connectivity index (χ0n) is 10.6. The van der Waals surface area contributed by atoms with Crippen molar-refractivity contribution in [1.29, 1.82) is 0 Å². The van der Waals surface area contributed by atoms with Crippen molar-refractivity contribution in [1.82, 2.24) is 5.32 Å². The molecule has 98 valence electrons. The van der Waals surface area contributed by atoms with Crippen LogP contribution in [0.2, 0.25) is 0 Å². The number of para-hydroxylation sites is 1. The molecular weight excluding hydrogens is 246 g/mol. The van der Waals surface area contributed by atoms with Crippen LogP contribution in [0.3, 0.4) is 0 Å². The van der Waals surface area contributed by atoms with Gasteiger partial charge in [-0.1, -0.05) is 31.0 Å². The van der Waals surface area contributed by atoms with Gasteiger partial charge < -0.3 is 10.1 Å². The van der Waals surface area contributed by atoms with Gasteiger partial charge in [0.25, 0.3) is 0 Å². The molecule has 0 spiro atoms. The summed E-state index contributed by atoms with van der Waals surface area (Å²) in [7, 11) is 0. The molecule has 1 atom stereocenters. The number of nitrogens with one attached hydrogen (secondary N) is 1. The van der Waals surface area contributed by atoms with Crippen molar-refractivity contribution in [3.63, 3.8) is 0 Å². The largest absolute Gasteiger partial charge is 0.493 e. The molecule has 1 aliphatic carbocycles. The second-order valence-corrected chi connectivity index (χ2v) is 5.81. The molecule has 0 aromatic heterocycles. The Bertz CT molecular complexity index is 415. The van der Waals surface area contributed by atoms with E-state index in [-0.39, 0.29) is 5.54 Å². The smallest absolute Gasteiger partial charge is 0.122 e. The van der Waals surface area contributed by atoms with Gasteiger partial charge in [-0.05, 0) is 18.9 Å². The maximum Gasteiger partial charge on any atom is 0.122 e. The maximum absolute atomic E-state index is 6.16. The van der Waals surface area contributed by atoms with Gasteiger partial charge in [0.15, 0.2) is 0 Å². The number of hydrogen-bond acceptors (Lipinski definition) is 2. The van der Waals surface area contributed by atoms with Gasteiger partial charge in [0.05, 0.1) is 6.61 Å². The molecular formula is C15H20ClNO. The number of fused-ring (bicyclic) bond motifs is 1. The van der Waals surface area contributed by atoms with Gasteiger partial charge >= 0.3 is 0 Å². The SMILES string of the molecule is ClCC1(NCC2COc3ccccc32)CCCC1. The van der Waals surface area contributed by atoms with Crippen LogP contribution >= 0.6 is 11.6 Å². The number of rotatable bonds is 4. The molecule has 0 amide bonds. The highest BCUT2D eigenvalue weighted by atomic mass is 35.5. The number of alkyl halides is 1. The van der Waals surface area contributed by atoms with Crippen LogP contribution in [0.15, 0.2) is 24.3 Å². The molecule has 0 bridgehead atoms. The van der Waals surface area contributed by atoms with E-state index < -0.39 is 0 Å². The van der Waals surface area contributed by atoms with Crippen LogP contribution in [0.5, 0.6) is 5.75 Å². The van der Waals surface area contributed by atoms with Gasteiger partial charge in [0, 0.05) is 29.4 Å². The van der Waals surface area contributed by atoms with Crippen LogP contribution in [-0.2, 0) is 0 Å². The Morgan fingerprint density at radius 3 is 2.83 bits per heavy atom. The summed E-state index contributed by atoms with van der Waals surface area (Å²) in [6.45, 7) is 1.77. The van der Waals surface area contributed by atoms with E-state index in [1.165, 1.54) is 31.2 Å². The van der Waals surface area contributed by atoms with E-state index in [2.05, 4.69) is 23.5 Å². The van der Waals surface area contributed by atoms with Gasteiger partial charge in [-0.15, -0.1) is 11.6 Å². The van der Waals surface area contributed by atoms with E-state index in [4.69, 9.17) is 16.3 Å². The third-order valence-corrected chi connectivity index (χ3v) is 4.85. The lowest BCUT2D eigenvalue weighted by Gasteiger charge is -2.29. The number of hydrogen-bond donors (Lipinski definition) is 1. The Morgan fingerprint density at radius 2 is 2.06 bits per heavy atom. The summed E-state index contributed by atoms with van der Waals surface area (Å²) >= 11 is 6.16. The lowest BCUT2D eigenvalue weighted by molar-refractivity contribution is 0.302. The number of halogens is 1. The number of benzene rings is 1. The lowest BCUT2D eigenvalue weighted by Crippen LogP contribution is -2.46. The van der Waals surface area contributed by atoms with Crippen molar-refractivity contribution in [2.45, 2.75) is 37.1 Å². The van der Waals surface area contributed by atoms with Crippen molar-refractivity contribution in [3.05, 3.63) is 29.8 Å². The molecule has 2 aliphatic rings. The van der Waals surface area contributed by atoms with E-state index >= 15 is 0 Å². The highest BCUT2D eigenvalue weighted by molar-refractivity contribution is 6.18. The standard InChI is InChI=1S/C15H20ClNO/c16-11-15(7-3-4-8-15)17-9-12-10-18-14-6-2-1-5-13(12)14/h1-2,5-6,12,17H,3-4,7-11H2. The predicted molar refractivity (Wildman–Crippen MR) is 74.6 cm³/mol. The van der Waals surface area contributed by atoms with Crippen molar-refractivity contribution in [3.8, 4) is 5.75 Å². The summed E-state index contributed by atoms with van der Waals surface area (Å²) < 4.78 is 5.72. The van der Waals surface area contributed by atoms with Crippen LogP contribution < -0.4 is 10.1 Å². The molecule has 1 unspecified atom stereocenters. The van der Waals surface area contributed by atoms with E-state index in [1.807, 2.05) is 6.07 Å². The van der Waals surface area contributed by atoms with Gasteiger partial charge in [-0.25, -0.2) is 0 Å². The zero-order valence-corrected chi connectivity index (χ0v) is 11.4. The molecule has 1 fully saturated rings. The molecule has 3 rings (SSSR count). The molecule has 1 aromatic carbocycles. The summed E-state index contributed by atoms with van der Waals surface area (Å²) in [5, 5.41) is 3.72. The Hall–Kier alpha value is -0.730. The van der Waals surface area contributed by atoms with Crippen molar-refractivity contribution < 1.29 is 4.74 Å². The molecule has 18 heavy (non-hydrogen) atoms. The van der Waals surface area contributed by atoms with Crippen LogP contribution in [0.1, 0.15) is 37.2 Å². The molecule has 1 N–H and O–H groups in total. The summed E-state index contributed by atoms with van der Waals surface area (Å²) in [4.78, 5) is 0. The van der Waals surface area contributed by atoms with E-state index in [9.17, 15) is 0 Å². The fraction of sp³-hybridized carbons (Fsp3) is 0.600. The third kappa shape index (κ3) is 2.24. The molecule has 1 aromatic rings. The average Bonchev–Trinajstić information content (AvgIpc) is 3.04. The first-order valence-corrected chi connectivity index (χ1v) is 7.39. The minimum Gasteiger partial charge on any atom is -0.493 e. The Kier molecular flexibility index (Phi) is 3.49. The third-order valence-electron chi connectivity index (χ3n) is 4.34. The topological polar surface area (TPSA) is 21.3 Å². The Labute approximate surface area is 114 Å².